The minimum atomic E-state index is 0.0844. The van der Waals surface area contributed by atoms with Gasteiger partial charge in [0.15, 0.2) is 0 Å². The molecule has 1 aliphatic carbocycles. The number of hydrogen-bond donors (Lipinski definition) is 1. The Kier molecular flexibility index (Phi) is 2.35. The Morgan fingerprint density at radius 2 is 2.36 bits per heavy atom. The molecule has 14 heavy (non-hydrogen) atoms. The third-order valence-corrected chi connectivity index (χ3v) is 3.32. The summed E-state index contributed by atoms with van der Waals surface area (Å²) in [5.74, 6) is 0. The Hall–Kier alpha value is -0.830. The highest BCUT2D eigenvalue weighted by Gasteiger charge is 2.32. The molecule has 1 aliphatic rings. The fourth-order valence-corrected chi connectivity index (χ4v) is 2.19. The zero-order chi connectivity index (χ0) is 10.2. The van der Waals surface area contributed by atoms with E-state index < -0.39 is 0 Å². The van der Waals surface area contributed by atoms with Gasteiger partial charge >= 0.3 is 0 Å². The van der Waals surface area contributed by atoms with Gasteiger partial charge in [0, 0.05) is 18.8 Å². The van der Waals surface area contributed by atoms with Gasteiger partial charge in [-0.05, 0) is 25.2 Å². The van der Waals surface area contributed by atoms with Crippen molar-refractivity contribution in [3.63, 3.8) is 0 Å². The first-order chi connectivity index (χ1) is 6.61. The smallest absolute Gasteiger partial charge is 0.0948 e. The second-order valence-corrected chi connectivity index (χ2v) is 4.90. The molecule has 0 aliphatic heterocycles. The van der Waals surface area contributed by atoms with Crippen LogP contribution in [0.3, 0.4) is 0 Å². The van der Waals surface area contributed by atoms with E-state index in [1.807, 2.05) is 19.4 Å². The molecule has 0 aromatic carbocycles. The SMILES string of the molecule is C[C@H](N)c1cncn1CC1(C)CCC1. The Morgan fingerprint density at radius 1 is 1.64 bits per heavy atom. The topological polar surface area (TPSA) is 43.8 Å². The van der Waals surface area contributed by atoms with Crippen molar-refractivity contribution in [1.29, 1.82) is 0 Å². The van der Waals surface area contributed by atoms with Gasteiger partial charge in [-0.25, -0.2) is 4.98 Å². The monoisotopic (exact) mass is 193 g/mol. The van der Waals surface area contributed by atoms with Gasteiger partial charge in [-0.15, -0.1) is 0 Å². The molecule has 0 saturated heterocycles. The largest absolute Gasteiger partial charge is 0.333 e. The van der Waals surface area contributed by atoms with E-state index >= 15 is 0 Å². The minimum absolute atomic E-state index is 0.0844. The molecule has 1 aromatic rings. The van der Waals surface area contributed by atoms with Crippen molar-refractivity contribution >= 4 is 0 Å². The van der Waals surface area contributed by atoms with Crippen molar-refractivity contribution in [3.05, 3.63) is 18.2 Å². The second kappa shape index (κ2) is 3.39. The van der Waals surface area contributed by atoms with Gasteiger partial charge in [-0.2, -0.15) is 0 Å². The molecule has 1 heterocycles. The summed E-state index contributed by atoms with van der Waals surface area (Å²) in [6.45, 7) is 5.43. The van der Waals surface area contributed by atoms with Crippen LogP contribution in [0.1, 0.15) is 44.8 Å². The molecule has 0 radical (unpaired) electrons. The fraction of sp³-hybridized carbons (Fsp3) is 0.727. The predicted molar refractivity (Wildman–Crippen MR) is 56.8 cm³/mol. The van der Waals surface area contributed by atoms with E-state index in [9.17, 15) is 0 Å². The Morgan fingerprint density at radius 3 is 2.86 bits per heavy atom. The van der Waals surface area contributed by atoms with Crippen LogP contribution >= 0.6 is 0 Å². The highest BCUT2D eigenvalue weighted by molar-refractivity contribution is 5.04. The Labute approximate surface area is 85.3 Å². The molecule has 78 valence electrons. The molecule has 3 heteroatoms. The highest BCUT2D eigenvalue weighted by Crippen LogP contribution is 2.41. The van der Waals surface area contributed by atoms with Gasteiger partial charge in [-0.3, -0.25) is 0 Å². The Bertz CT molecular complexity index is 310. The summed E-state index contributed by atoms with van der Waals surface area (Å²) in [7, 11) is 0. The van der Waals surface area contributed by atoms with Crippen LogP contribution < -0.4 is 5.73 Å². The highest BCUT2D eigenvalue weighted by atomic mass is 15.1. The molecular formula is C11H19N3. The lowest BCUT2D eigenvalue weighted by Crippen LogP contribution is -2.31. The van der Waals surface area contributed by atoms with Crippen LogP contribution in [0.25, 0.3) is 0 Å². The van der Waals surface area contributed by atoms with Crippen LogP contribution in [0, 0.1) is 5.41 Å². The van der Waals surface area contributed by atoms with Crippen LogP contribution in [0.2, 0.25) is 0 Å². The normalized spacial score (nSPS) is 21.6. The van der Waals surface area contributed by atoms with Gasteiger partial charge in [0.05, 0.1) is 12.0 Å². The fourth-order valence-electron chi connectivity index (χ4n) is 2.19. The van der Waals surface area contributed by atoms with E-state index in [4.69, 9.17) is 5.73 Å². The Balaban J connectivity index is 2.12. The van der Waals surface area contributed by atoms with Crippen molar-refractivity contribution < 1.29 is 0 Å². The first kappa shape index (κ1) is 9.71. The molecular weight excluding hydrogens is 174 g/mol. The summed E-state index contributed by atoms with van der Waals surface area (Å²) < 4.78 is 2.21. The molecule has 0 amide bonds. The molecule has 1 fully saturated rings. The van der Waals surface area contributed by atoms with E-state index in [0.717, 1.165) is 12.2 Å². The summed E-state index contributed by atoms with van der Waals surface area (Å²) in [6, 6.07) is 0.0844. The van der Waals surface area contributed by atoms with E-state index in [1.54, 1.807) is 0 Å². The molecule has 0 unspecified atom stereocenters. The second-order valence-electron chi connectivity index (χ2n) is 4.90. The van der Waals surface area contributed by atoms with Crippen molar-refractivity contribution in [2.45, 2.75) is 45.7 Å². The molecule has 2 rings (SSSR count). The maximum atomic E-state index is 5.88. The first-order valence-electron chi connectivity index (χ1n) is 5.36. The number of aromatic nitrogens is 2. The molecule has 0 bridgehead atoms. The number of imidazole rings is 1. The lowest BCUT2D eigenvalue weighted by molar-refractivity contribution is 0.130. The van der Waals surface area contributed by atoms with E-state index in [2.05, 4.69) is 16.5 Å². The van der Waals surface area contributed by atoms with Crippen molar-refractivity contribution in [3.8, 4) is 0 Å². The third-order valence-electron chi connectivity index (χ3n) is 3.32. The zero-order valence-electron chi connectivity index (χ0n) is 9.03. The maximum absolute atomic E-state index is 5.88. The standard InChI is InChI=1S/C11H19N3/c1-9(12)10-6-13-8-14(10)7-11(2)4-3-5-11/h6,8-9H,3-5,7,12H2,1-2H3/t9-/m0/s1. The summed E-state index contributed by atoms with van der Waals surface area (Å²) in [4.78, 5) is 4.17. The van der Waals surface area contributed by atoms with Gasteiger partial charge in [0.2, 0.25) is 0 Å². The molecule has 1 aromatic heterocycles. The minimum Gasteiger partial charge on any atom is -0.333 e. The van der Waals surface area contributed by atoms with Gasteiger partial charge in [0.1, 0.15) is 0 Å². The van der Waals surface area contributed by atoms with Gasteiger partial charge in [0.25, 0.3) is 0 Å². The van der Waals surface area contributed by atoms with E-state index in [-0.39, 0.29) is 6.04 Å². The van der Waals surface area contributed by atoms with Crippen LogP contribution in [0.15, 0.2) is 12.5 Å². The zero-order valence-corrected chi connectivity index (χ0v) is 9.03. The maximum Gasteiger partial charge on any atom is 0.0948 e. The van der Waals surface area contributed by atoms with Crippen molar-refractivity contribution in [2.24, 2.45) is 11.1 Å². The summed E-state index contributed by atoms with van der Waals surface area (Å²) in [6.07, 6.45) is 7.83. The van der Waals surface area contributed by atoms with Crippen molar-refractivity contribution in [1.82, 2.24) is 9.55 Å². The molecule has 0 spiro atoms. The average Bonchev–Trinajstić information content (AvgIpc) is 2.49. The number of nitrogens with two attached hydrogens (primary N) is 1. The average molecular weight is 193 g/mol. The predicted octanol–water partition coefficient (Wildman–Crippen LogP) is 2.09. The first-order valence-corrected chi connectivity index (χ1v) is 5.36. The number of rotatable bonds is 3. The van der Waals surface area contributed by atoms with Crippen LogP contribution in [0.4, 0.5) is 0 Å². The lowest BCUT2D eigenvalue weighted by atomic mass is 9.70. The van der Waals surface area contributed by atoms with Gasteiger partial charge in [-0.1, -0.05) is 13.3 Å². The summed E-state index contributed by atoms with van der Waals surface area (Å²) >= 11 is 0. The number of nitrogens with zero attached hydrogens (tertiary/aromatic N) is 2. The van der Waals surface area contributed by atoms with Crippen LogP contribution in [0.5, 0.6) is 0 Å². The molecule has 1 atom stereocenters. The van der Waals surface area contributed by atoms with Crippen molar-refractivity contribution in [2.75, 3.05) is 0 Å². The number of hydrogen-bond acceptors (Lipinski definition) is 2. The van der Waals surface area contributed by atoms with Gasteiger partial charge < -0.3 is 10.3 Å². The lowest BCUT2D eigenvalue weighted by Gasteiger charge is -2.39. The van der Waals surface area contributed by atoms with E-state index in [1.165, 1.54) is 19.3 Å². The molecule has 1 saturated carbocycles. The third kappa shape index (κ3) is 1.69. The van der Waals surface area contributed by atoms with Crippen LogP contribution in [-0.2, 0) is 6.54 Å². The molecule has 3 nitrogen and oxygen atoms in total. The quantitative estimate of drug-likeness (QED) is 0.798. The van der Waals surface area contributed by atoms with Crippen LogP contribution in [-0.4, -0.2) is 9.55 Å². The molecule has 2 N–H and O–H groups in total. The summed E-state index contributed by atoms with van der Waals surface area (Å²) in [5, 5.41) is 0. The summed E-state index contributed by atoms with van der Waals surface area (Å²) in [5.41, 5.74) is 7.52. The van der Waals surface area contributed by atoms with E-state index in [0.29, 0.717) is 5.41 Å².